The quantitative estimate of drug-likeness (QED) is 0.713. The second-order valence-electron chi connectivity index (χ2n) is 5.51. The van der Waals surface area contributed by atoms with Crippen molar-refractivity contribution in [1.82, 2.24) is 4.98 Å². The summed E-state index contributed by atoms with van der Waals surface area (Å²) in [5, 5.41) is 3.58. The molecule has 0 saturated carbocycles. The molecule has 0 saturated heterocycles. The fourth-order valence-electron chi connectivity index (χ4n) is 2.96. The number of H-pyrrole nitrogens is 1. The summed E-state index contributed by atoms with van der Waals surface area (Å²) in [5.74, 6) is 0. The zero-order valence-corrected chi connectivity index (χ0v) is 12.8. The molecule has 0 bridgehead atoms. The van der Waals surface area contributed by atoms with Crippen molar-refractivity contribution in [3.05, 3.63) is 75.5 Å². The zero-order valence-electron chi connectivity index (χ0n) is 12.1. The summed E-state index contributed by atoms with van der Waals surface area (Å²) in [6, 6.07) is 11.9. The Hall–Kier alpha value is -2.52. The van der Waals surface area contributed by atoms with Crippen molar-refractivity contribution in [2.45, 2.75) is 6.92 Å². The second kappa shape index (κ2) is 4.49. The van der Waals surface area contributed by atoms with E-state index in [0.717, 1.165) is 44.0 Å². The Morgan fingerprint density at radius 3 is 2.77 bits per heavy atom. The highest BCUT2D eigenvalue weighted by Gasteiger charge is 2.19. The number of aromatic nitrogens is 1. The van der Waals surface area contributed by atoms with Crippen molar-refractivity contribution in [3.63, 3.8) is 0 Å². The first kappa shape index (κ1) is 13.2. The number of hydrogen-bond acceptors (Lipinski definition) is 2. The molecule has 1 aliphatic rings. The third-order valence-corrected chi connectivity index (χ3v) is 4.49. The summed E-state index contributed by atoms with van der Waals surface area (Å²) < 4.78 is 0. The van der Waals surface area contributed by atoms with Gasteiger partial charge in [0, 0.05) is 26.7 Å². The number of para-hydroxylation sites is 1. The Balaban J connectivity index is 2.13. The number of rotatable bonds is 1. The van der Waals surface area contributed by atoms with Gasteiger partial charge in [0.2, 0.25) is 0 Å². The van der Waals surface area contributed by atoms with Crippen molar-refractivity contribution in [2.75, 3.05) is 5.73 Å². The van der Waals surface area contributed by atoms with Crippen LogP contribution in [0.5, 0.6) is 0 Å². The van der Waals surface area contributed by atoms with Crippen LogP contribution < -0.4 is 16.3 Å². The van der Waals surface area contributed by atoms with Gasteiger partial charge in [0.1, 0.15) is 0 Å². The molecule has 0 aliphatic carbocycles. The predicted octanol–water partition coefficient (Wildman–Crippen LogP) is 3.06. The Morgan fingerprint density at radius 1 is 1.23 bits per heavy atom. The normalized spacial score (nSPS) is 13.5. The Morgan fingerprint density at radius 2 is 2.00 bits per heavy atom. The third kappa shape index (κ3) is 1.72. The summed E-state index contributed by atoms with van der Waals surface area (Å²) in [7, 11) is 0. The van der Waals surface area contributed by atoms with Gasteiger partial charge in [-0.25, -0.2) is 4.99 Å². The molecule has 0 atom stereocenters. The fraction of sp³-hybridized carbons (Fsp3) is 0.0556. The second-order valence-corrected chi connectivity index (χ2v) is 5.92. The number of benzene rings is 2. The predicted molar refractivity (Wildman–Crippen MR) is 91.3 cm³/mol. The van der Waals surface area contributed by atoms with Gasteiger partial charge in [0.25, 0.3) is 0 Å². The first-order chi connectivity index (χ1) is 10.6. The van der Waals surface area contributed by atoms with Gasteiger partial charge >= 0.3 is 0 Å². The molecule has 1 aliphatic heterocycles. The molecule has 0 spiro atoms. The third-order valence-electron chi connectivity index (χ3n) is 4.09. The number of fused-ring (bicyclic) bond motifs is 2. The van der Waals surface area contributed by atoms with Gasteiger partial charge < -0.3 is 10.7 Å². The van der Waals surface area contributed by atoms with E-state index in [0.29, 0.717) is 10.7 Å². The molecule has 2 aromatic carbocycles. The molecular weight excluding hydrogens is 294 g/mol. The van der Waals surface area contributed by atoms with Gasteiger partial charge in [-0.05, 0) is 30.7 Å². The molecule has 3 N–H and O–H groups in total. The van der Waals surface area contributed by atoms with Crippen molar-refractivity contribution < 1.29 is 0 Å². The van der Waals surface area contributed by atoms with Crippen LogP contribution in [0, 0.1) is 6.92 Å². The molecule has 4 rings (SSSR count). The first-order valence-electron chi connectivity index (χ1n) is 7.01. The molecule has 108 valence electrons. The van der Waals surface area contributed by atoms with Crippen LogP contribution in [0.2, 0.25) is 5.02 Å². The number of nitrogens with two attached hydrogens (primary N) is 1. The van der Waals surface area contributed by atoms with Crippen LogP contribution in [0.15, 0.2) is 53.7 Å². The Bertz CT molecular complexity index is 1070. The molecule has 0 amide bonds. The van der Waals surface area contributed by atoms with E-state index in [-0.39, 0.29) is 0 Å². The summed E-state index contributed by atoms with van der Waals surface area (Å²) in [6.07, 6.45) is 0. The highest BCUT2D eigenvalue weighted by molar-refractivity contribution is 6.31. The molecule has 3 aromatic rings. The number of nitrogens with one attached hydrogen (secondary N) is 1. The molecule has 0 radical (unpaired) electrons. The molecule has 1 aromatic heterocycles. The van der Waals surface area contributed by atoms with Crippen molar-refractivity contribution >= 4 is 33.8 Å². The summed E-state index contributed by atoms with van der Waals surface area (Å²) in [5.41, 5.74) is 11.6. The SMILES string of the molecule is C=C1N=c2cc(Cl)c(C)cc2=C1c1[nH]c2ccccc2c1N. The highest BCUT2D eigenvalue weighted by atomic mass is 35.5. The summed E-state index contributed by atoms with van der Waals surface area (Å²) >= 11 is 6.20. The molecule has 0 unspecified atom stereocenters. The van der Waals surface area contributed by atoms with Gasteiger partial charge in [-0.2, -0.15) is 0 Å². The number of allylic oxidation sites excluding steroid dienone is 1. The molecule has 0 fully saturated rings. The summed E-state index contributed by atoms with van der Waals surface area (Å²) in [4.78, 5) is 7.93. The van der Waals surface area contributed by atoms with Crippen molar-refractivity contribution in [1.29, 1.82) is 0 Å². The Labute approximate surface area is 132 Å². The molecule has 22 heavy (non-hydrogen) atoms. The van der Waals surface area contributed by atoms with E-state index in [4.69, 9.17) is 17.3 Å². The van der Waals surface area contributed by atoms with Crippen molar-refractivity contribution in [2.24, 2.45) is 4.99 Å². The maximum atomic E-state index is 6.35. The molecule has 4 heteroatoms. The number of halogens is 1. The van der Waals surface area contributed by atoms with Crippen LogP contribution in [0.3, 0.4) is 0 Å². The lowest BCUT2D eigenvalue weighted by atomic mass is 10.1. The minimum absolute atomic E-state index is 0.704. The van der Waals surface area contributed by atoms with E-state index < -0.39 is 0 Å². The van der Waals surface area contributed by atoms with Gasteiger partial charge in [-0.3, -0.25) is 0 Å². The van der Waals surface area contributed by atoms with Crippen LogP contribution in [0.4, 0.5) is 5.69 Å². The first-order valence-corrected chi connectivity index (χ1v) is 7.39. The maximum Gasteiger partial charge on any atom is 0.0731 e. The van der Waals surface area contributed by atoms with Gasteiger partial charge in [-0.15, -0.1) is 0 Å². The van der Waals surface area contributed by atoms with Crippen molar-refractivity contribution in [3.8, 4) is 0 Å². The lowest BCUT2D eigenvalue weighted by Crippen LogP contribution is -2.24. The van der Waals surface area contributed by atoms with Crippen LogP contribution >= 0.6 is 11.6 Å². The fourth-order valence-corrected chi connectivity index (χ4v) is 3.12. The average Bonchev–Trinajstić information content (AvgIpc) is 2.97. The van der Waals surface area contributed by atoms with E-state index in [1.807, 2.05) is 43.3 Å². The standard InChI is InChI=1S/C18H14ClN3/c1-9-7-12-15(8-13(9)19)21-10(2)16(12)18-17(20)11-5-3-4-6-14(11)22-18/h3-8,22H,2,20H2,1H3. The van der Waals surface area contributed by atoms with Crippen LogP contribution in [-0.4, -0.2) is 4.98 Å². The topological polar surface area (TPSA) is 54.2 Å². The van der Waals surface area contributed by atoms with E-state index >= 15 is 0 Å². The van der Waals surface area contributed by atoms with E-state index in [1.165, 1.54) is 0 Å². The Kier molecular flexibility index (Phi) is 2.68. The average molecular weight is 308 g/mol. The number of aromatic amines is 1. The van der Waals surface area contributed by atoms with E-state index in [1.54, 1.807) is 0 Å². The van der Waals surface area contributed by atoms with Crippen LogP contribution in [0.25, 0.3) is 16.5 Å². The highest BCUT2D eigenvalue weighted by Crippen LogP contribution is 2.32. The number of anilines is 1. The van der Waals surface area contributed by atoms with Crippen LogP contribution in [0.1, 0.15) is 11.3 Å². The number of nitrogen functional groups attached to an aromatic ring is 1. The van der Waals surface area contributed by atoms with E-state index in [9.17, 15) is 0 Å². The van der Waals surface area contributed by atoms with Crippen LogP contribution in [-0.2, 0) is 0 Å². The number of hydrogen-bond donors (Lipinski definition) is 2. The monoisotopic (exact) mass is 307 g/mol. The minimum atomic E-state index is 0.704. The zero-order chi connectivity index (χ0) is 15.4. The van der Waals surface area contributed by atoms with Gasteiger partial charge in [-0.1, -0.05) is 36.4 Å². The molecular formula is C18H14ClN3. The number of aryl methyl sites for hydroxylation is 1. The molecule has 2 heterocycles. The minimum Gasteiger partial charge on any atom is -0.396 e. The smallest absolute Gasteiger partial charge is 0.0731 e. The number of nitrogens with zero attached hydrogens (tertiary/aromatic N) is 1. The van der Waals surface area contributed by atoms with E-state index in [2.05, 4.69) is 16.6 Å². The molecule has 3 nitrogen and oxygen atoms in total. The summed E-state index contributed by atoms with van der Waals surface area (Å²) in [6.45, 7) is 6.06. The van der Waals surface area contributed by atoms with Gasteiger partial charge in [0.15, 0.2) is 0 Å². The van der Waals surface area contributed by atoms with Gasteiger partial charge in [0.05, 0.1) is 22.4 Å². The maximum absolute atomic E-state index is 6.35. The largest absolute Gasteiger partial charge is 0.396 e. The lowest BCUT2D eigenvalue weighted by molar-refractivity contribution is 1.30. The lowest BCUT2D eigenvalue weighted by Gasteiger charge is -2.03.